The van der Waals surface area contributed by atoms with E-state index in [1.54, 1.807) is 18.2 Å². The van der Waals surface area contributed by atoms with Crippen molar-refractivity contribution in [3.05, 3.63) is 35.9 Å². The first kappa shape index (κ1) is 15.0. The molecule has 21 heavy (non-hydrogen) atoms. The number of hydrogen-bond donors (Lipinski definition) is 2. The standard InChI is InChI=1S/C15H19FN4O/c1-4-21-12-6-5-10(7-11(12)16)18-14-8-13(17)19-15(20-14)9(2)3/h5-9H,4H2,1-3H3,(H3,17,18,19,20). The average molecular weight is 290 g/mol. The Kier molecular flexibility index (Phi) is 4.57. The van der Waals surface area contributed by atoms with Crippen LogP contribution in [-0.2, 0) is 0 Å². The van der Waals surface area contributed by atoms with Crippen molar-refractivity contribution >= 4 is 17.3 Å². The number of nitrogens with two attached hydrogens (primary N) is 1. The molecule has 3 N–H and O–H groups in total. The molecule has 1 heterocycles. The second kappa shape index (κ2) is 6.39. The summed E-state index contributed by atoms with van der Waals surface area (Å²) in [6.45, 7) is 6.19. The fourth-order valence-corrected chi connectivity index (χ4v) is 1.81. The normalized spacial score (nSPS) is 10.7. The molecule has 0 saturated carbocycles. The molecule has 0 unspecified atom stereocenters. The van der Waals surface area contributed by atoms with Gasteiger partial charge in [-0.25, -0.2) is 14.4 Å². The molecule has 5 nitrogen and oxygen atoms in total. The summed E-state index contributed by atoms with van der Waals surface area (Å²) in [4.78, 5) is 8.52. The topological polar surface area (TPSA) is 73.1 Å². The summed E-state index contributed by atoms with van der Waals surface area (Å²) >= 11 is 0. The third-order valence-corrected chi connectivity index (χ3v) is 2.78. The number of nitrogen functional groups attached to an aromatic ring is 1. The molecule has 0 radical (unpaired) electrons. The van der Waals surface area contributed by atoms with Gasteiger partial charge in [-0.3, -0.25) is 0 Å². The van der Waals surface area contributed by atoms with E-state index in [4.69, 9.17) is 10.5 Å². The molecule has 0 aliphatic carbocycles. The maximum Gasteiger partial charge on any atom is 0.167 e. The van der Waals surface area contributed by atoms with Gasteiger partial charge in [0, 0.05) is 23.7 Å². The summed E-state index contributed by atoms with van der Waals surface area (Å²) in [5, 5.41) is 3.02. The SMILES string of the molecule is CCOc1ccc(Nc2cc(N)nc(C(C)C)n2)cc1F. The lowest BCUT2D eigenvalue weighted by atomic mass is 10.2. The molecule has 0 fully saturated rings. The van der Waals surface area contributed by atoms with Gasteiger partial charge < -0.3 is 15.8 Å². The highest BCUT2D eigenvalue weighted by Gasteiger charge is 2.08. The predicted molar refractivity (Wildman–Crippen MR) is 81.4 cm³/mol. The molecule has 112 valence electrons. The van der Waals surface area contributed by atoms with Crippen LogP contribution < -0.4 is 15.8 Å². The van der Waals surface area contributed by atoms with Crippen LogP contribution in [0.1, 0.15) is 32.5 Å². The van der Waals surface area contributed by atoms with Crippen molar-refractivity contribution in [3.63, 3.8) is 0 Å². The number of halogens is 1. The van der Waals surface area contributed by atoms with Crippen LogP contribution in [-0.4, -0.2) is 16.6 Å². The van der Waals surface area contributed by atoms with Crippen LogP contribution in [0.4, 0.5) is 21.7 Å². The Hall–Kier alpha value is -2.37. The van der Waals surface area contributed by atoms with Gasteiger partial charge in [-0.15, -0.1) is 0 Å². The van der Waals surface area contributed by atoms with E-state index in [2.05, 4.69) is 15.3 Å². The molecule has 0 atom stereocenters. The number of ether oxygens (including phenoxy) is 1. The van der Waals surface area contributed by atoms with Gasteiger partial charge >= 0.3 is 0 Å². The fourth-order valence-electron chi connectivity index (χ4n) is 1.81. The van der Waals surface area contributed by atoms with E-state index in [0.717, 1.165) is 0 Å². The van der Waals surface area contributed by atoms with Crippen molar-refractivity contribution < 1.29 is 9.13 Å². The summed E-state index contributed by atoms with van der Waals surface area (Å²) in [6.07, 6.45) is 0. The van der Waals surface area contributed by atoms with E-state index in [1.807, 2.05) is 20.8 Å². The van der Waals surface area contributed by atoms with Crippen molar-refractivity contribution in [2.45, 2.75) is 26.7 Å². The molecular weight excluding hydrogens is 271 g/mol. The number of aromatic nitrogens is 2. The van der Waals surface area contributed by atoms with Crippen molar-refractivity contribution in [1.29, 1.82) is 0 Å². The number of rotatable bonds is 5. The molecule has 6 heteroatoms. The Morgan fingerprint density at radius 3 is 2.67 bits per heavy atom. The van der Waals surface area contributed by atoms with Crippen molar-refractivity contribution in [3.8, 4) is 5.75 Å². The summed E-state index contributed by atoms with van der Waals surface area (Å²) in [6, 6.07) is 6.27. The molecule has 0 aliphatic rings. The molecule has 2 rings (SSSR count). The minimum Gasteiger partial charge on any atom is -0.491 e. The van der Waals surface area contributed by atoms with Crippen LogP contribution >= 0.6 is 0 Å². The van der Waals surface area contributed by atoms with Gasteiger partial charge in [0.2, 0.25) is 0 Å². The van der Waals surface area contributed by atoms with Crippen molar-refractivity contribution in [2.75, 3.05) is 17.7 Å². The first-order valence-corrected chi connectivity index (χ1v) is 6.83. The van der Waals surface area contributed by atoms with Gasteiger partial charge in [0.15, 0.2) is 11.6 Å². The first-order valence-electron chi connectivity index (χ1n) is 6.83. The van der Waals surface area contributed by atoms with Crippen LogP contribution in [0.25, 0.3) is 0 Å². The van der Waals surface area contributed by atoms with Gasteiger partial charge in [-0.1, -0.05) is 13.8 Å². The number of benzene rings is 1. The molecule has 0 spiro atoms. The van der Waals surface area contributed by atoms with Gasteiger partial charge in [0.05, 0.1) is 6.61 Å². The molecule has 0 aliphatic heterocycles. The van der Waals surface area contributed by atoms with Gasteiger partial charge in [-0.2, -0.15) is 0 Å². The van der Waals surface area contributed by atoms with Crippen LogP contribution in [0.5, 0.6) is 5.75 Å². The maximum absolute atomic E-state index is 13.8. The Bertz CT molecular complexity index is 631. The molecule has 2 aromatic rings. The minimum absolute atomic E-state index is 0.158. The third kappa shape index (κ3) is 3.81. The third-order valence-electron chi connectivity index (χ3n) is 2.78. The monoisotopic (exact) mass is 290 g/mol. The fraction of sp³-hybridized carbons (Fsp3) is 0.333. The van der Waals surface area contributed by atoms with Gasteiger partial charge in [0.25, 0.3) is 0 Å². The summed E-state index contributed by atoms with van der Waals surface area (Å²) in [5.74, 6) is 1.52. The highest BCUT2D eigenvalue weighted by Crippen LogP contribution is 2.24. The lowest BCUT2D eigenvalue weighted by Crippen LogP contribution is -2.05. The predicted octanol–water partition coefficient (Wildman–Crippen LogP) is 3.46. The lowest BCUT2D eigenvalue weighted by molar-refractivity contribution is 0.321. The zero-order chi connectivity index (χ0) is 15.4. The van der Waals surface area contributed by atoms with E-state index in [9.17, 15) is 4.39 Å². The molecule has 0 amide bonds. The maximum atomic E-state index is 13.8. The Labute approximate surface area is 123 Å². The molecule has 1 aromatic carbocycles. The average Bonchev–Trinajstić information content (AvgIpc) is 2.41. The van der Waals surface area contributed by atoms with E-state index in [-0.39, 0.29) is 11.7 Å². The van der Waals surface area contributed by atoms with Crippen molar-refractivity contribution in [1.82, 2.24) is 9.97 Å². The minimum atomic E-state index is -0.423. The molecule has 0 saturated heterocycles. The first-order chi connectivity index (χ1) is 9.99. The Morgan fingerprint density at radius 1 is 1.29 bits per heavy atom. The van der Waals surface area contributed by atoms with Gasteiger partial charge in [-0.05, 0) is 19.1 Å². The van der Waals surface area contributed by atoms with E-state index < -0.39 is 5.82 Å². The number of hydrogen-bond acceptors (Lipinski definition) is 5. The second-order valence-corrected chi connectivity index (χ2v) is 4.89. The van der Waals surface area contributed by atoms with Crippen molar-refractivity contribution in [2.24, 2.45) is 0 Å². The lowest BCUT2D eigenvalue weighted by Gasteiger charge is -2.11. The smallest absolute Gasteiger partial charge is 0.167 e. The van der Waals surface area contributed by atoms with Crippen LogP contribution in [0.2, 0.25) is 0 Å². The largest absolute Gasteiger partial charge is 0.491 e. The van der Waals surface area contributed by atoms with E-state index in [1.165, 1.54) is 6.07 Å². The number of nitrogens with one attached hydrogen (secondary N) is 1. The summed E-state index contributed by atoms with van der Waals surface area (Å²) in [5.41, 5.74) is 6.33. The Morgan fingerprint density at radius 2 is 2.05 bits per heavy atom. The van der Waals surface area contributed by atoms with Crippen LogP contribution in [0, 0.1) is 5.82 Å². The molecule has 1 aromatic heterocycles. The van der Waals surface area contributed by atoms with Crippen LogP contribution in [0.15, 0.2) is 24.3 Å². The zero-order valence-electron chi connectivity index (χ0n) is 12.4. The second-order valence-electron chi connectivity index (χ2n) is 4.89. The van der Waals surface area contributed by atoms with E-state index >= 15 is 0 Å². The molecular formula is C15H19FN4O. The van der Waals surface area contributed by atoms with Crippen LogP contribution in [0.3, 0.4) is 0 Å². The number of anilines is 3. The van der Waals surface area contributed by atoms with Gasteiger partial charge in [0.1, 0.15) is 17.5 Å². The zero-order valence-corrected chi connectivity index (χ0v) is 12.4. The Balaban J connectivity index is 2.24. The quantitative estimate of drug-likeness (QED) is 0.882. The highest BCUT2D eigenvalue weighted by atomic mass is 19.1. The summed E-state index contributed by atoms with van der Waals surface area (Å²) in [7, 11) is 0. The number of nitrogens with zero attached hydrogens (tertiary/aromatic N) is 2. The highest BCUT2D eigenvalue weighted by molar-refractivity contribution is 5.59. The summed E-state index contributed by atoms with van der Waals surface area (Å²) < 4.78 is 19.0. The van der Waals surface area contributed by atoms with E-state index in [0.29, 0.717) is 29.8 Å². The molecule has 0 bridgehead atoms.